The quantitative estimate of drug-likeness (QED) is 0.518. The predicted molar refractivity (Wildman–Crippen MR) is 96.3 cm³/mol. The van der Waals surface area contributed by atoms with Gasteiger partial charge in [-0.1, -0.05) is 76.6 Å². The Bertz CT molecular complexity index is 808. The zero-order valence-corrected chi connectivity index (χ0v) is 13.8. The average Bonchev–Trinajstić information content (AvgIpc) is 2.55. The van der Waals surface area contributed by atoms with E-state index in [1.54, 1.807) is 0 Å². The molecule has 3 aromatic rings. The van der Waals surface area contributed by atoms with Gasteiger partial charge in [-0.25, -0.2) is 0 Å². The predicted octanol–water partition coefficient (Wildman–Crippen LogP) is 5.91. The lowest BCUT2D eigenvalue weighted by molar-refractivity contribution is 0.306. The highest BCUT2D eigenvalue weighted by atomic mass is 79.9. The Labute approximate surface area is 139 Å². The molecule has 0 unspecified atom stereocenters. The molecule has 0 aliphatic rings. The molecule has 110 valence electrons. The number of ether oxygens (including phenoxy) is 1. The molecule has 0 aliphatic carbocycles. The van der Waals surface area contributed by atoms with Crippen LogP contribution in [-0.2, 0) is 13.0 Å². The van der Waals surface area contributed by atoms with E-state index in [0.717, 1.165) is 27.6 Å². The zero-order chi connectivity index (χ0) is 15.4. The molecule has 0 atom stereocenters. The van der Waals surface area contributed by atoms with Crippen molar-refractivity contribution < 1.29 is 4.74 Å². The Morgan fingerprint density at radius 1 is 0.909 bits per heavy atom. The summed E-state index contributed by atoms with van der Waals surface area (Å²) in [5.41, 5.74) is 2.31. The van der Waals surface area contributed by atoms with E-state index in [9.17, 15) is 0 Å². The van der Waals surface area contributed by atoms with Gasteiger partial charge in [-0.3, -0.25) is 0 Å². The van der Waals surface area contributed by atoms with E-state index in [4.69, 9.17) is 4.74 Å². The summed E-state index contributed by atoms with van der Waals surface area (Å²) in [5, 5.41) is 2.34. The SMILES string of the molecule is C=CCc1ccc2ccccc2c1OCc1ccccc1Br. The van der Waals surface area contributed by atoms with Crippen molar-refractivity contribution in [2.45, 2.75) is 13.0 Å². The standard InChI is InChI=1S/C20H17BrO/c1-2-7-16-13-12-15-8-3-5-10-18(15)20(16)22-14-17-9-4-6-11-19(17)21/h2-6,8-13H,1,7,14H2. The lowest BCUT2D eigenvalue weighted by Gasteiger charge is -2.14. The van der Waals surface area contributed by atoms with Crippen molar-refractivity contribution in [2.75, 3.05) is 0 Å². The minimum Gasteiger partial charge on any atom is -0.488 e. The van der Waals surface area contributed by atoms with Crippen LogP contribution in [0.5, 0.6) is 5.75 Å². The van der Waals surface area contributed by atoms with Crippen LogP contribution in [0.1, 0.15) is 11.1 Å². The van der Waals surface area contributed by atoms with E-state index in [2.05, 4.69) is 52.8 Å². The van der Waals surface area contributed by atoms with E-state index < -0.39 is 0 Å². The summed E-state index contributed by atoms with van der Waals surface area (Å²) in [6.45, 7) is 4.39. The van der Waals surface area contributed by atoms with Crippen molar-refractivity contribution in [2.24, 2.45) is 0 Å². The van der Waals surface area contributed by atoms with Gasteiger partial charge in [0.05, 0.1) is 0 Å². The zero-order valence-electron chi connectivity index (χ0n) is 12.3. The Morgan fingerprint density at radius 3 is 2.50 bits per heavy atom. The Balaban J connectivity index is 1.99. The van der Waals surface area contributed by atoms with Crippen molar-refractivity contribution in [3.05, 3.63) is 88.9 Å². The first-order valence-corrected chi connectivity index (χ1v) is 8.06. The van der Waals surface area contributed by atoms with Crippen LogP contribution in [-0.4, -0.2) is 0 Å². The van der Waals surface area contributed by atoms with Crippen LogP contribution >= 0.6 is 15.9 Å². The van der Waals surface area contributed by atoms with Gasteiger partial charge in [-0.05, 0) is 23.4 Å². The molecule has 0 aliphatic heterocycles. The molecule has 0 fully saturated rings. The molecule has 0 saturated carbocycles. The van der Waals surface area contributed by atoms with Crippen molar-refractivity contribution >= 4 is 26.7 Å². The van der Waals surface area contributed by atoms with Crippen LogP contribution in [0.25, 0.3) is 10.8 Å². The summed E-state index contributed by atoms with van der Waals surface area (Å²) in [7, 11) is 0. The van der Waals surface area contributed by atoms with Crippen molar-refractivity contribution in [3.63, 3.8) is 0 Å². The number of benzene rings is 3. The summed E-state index contributed by atoms with van der Waals surface area (Å²) in [4.78, 5) is 0. The Hall–Kier alpha value is -2.06. The van der Waals surface area contributed by atoms with E-state index in [-0.39, 0.29) is 0 Å². The summed E-state index contributed by atoms with van der Waals surface area (Å²) in [5.74, 6) is 0.953. The minimum absolute atomic E-state index is 0.541. The summed E-state index contributed by atoms with van der Waals surface area (Å²) in [6, 6.07) is 20.7. The lowest BCUT2D eigenvalue weighted by atomic mass is 10.0. The molecule has 22 heavy (non-hydrogen) atoms. The van der Waals surface area contributed by atoms with Gasteiger partial charge in [0.25, 0.3) is 0 Å². The molecule has 0 aromatic heterocycles. The fourth-order valence-corrected chi connectivity index (χ4v) is 2.94. The molecule has 3 rings (SSSR count). The molecular weight excluding hydrogens is 336 g/mol. The van der Waals surface area contributed by atoms with Crippen molar-refractivity contribution in [1.82, 2.24) is 0 Å². The van der Waals surface area contributed by atoms with Crippen LogP contribution < -0.4 is 4.74 Å². The van der Waals surface area contributed by atoms with Crippen LogP contribution in [0.2, 0.25) is 0 Å². The number of rotatable bonds is 5. The molecule has 0 spiro atoms. The van der Waals surface area contributed by atoms with E-state index in [0.29, 0.717) is 6.61 Å². The maximum atomic E-state index is 6.19. The van der Waals surface area contributed by atoms with Gasteiger partial charge in [-0.2, -0.15) is 0 Å². The smallest absolute Gasteiger partial charge is 0.131 e. The first-order chi connectivity index (χ1) is 10.8. The molecule has 0 amide bonds. The first kappa shape index (κ1) is 14.9. The maximum Gasteiger partial charge on any atom is 0.131 e. The fourth-order valence-electron chi connectivity index (χ4n) is 2.54. The number of halogens is 1. The highest BCUT2D eigenvalue weighted by molar-refractivity contribution is 9.10. The van der Waals surface area contributed by atoms with Crippen LogP contribution in [0.4, 0.5) is 0 Å². The molecule has 3 aromatic carbocycles. The first-order valence-electron chi connectivity index (χ1n) is 7.27. The van der Waals surface area contributed by atoms with Gasteiger partial charge in [0, 0.05) is 15.4 Å². The normalized spacial score (nSPS) is 10.6. The van der Waals surface area contributed by atoms with Gasteiger partial charge >= 0.3 is 0 Å². The Kier molecular flexibility index (Phi) is 4.59. The molecule has 2 heteroatoms. The summed E-state index contributed by atoms with van der Waals surface area (Å²) < 4.78 is 7.26. The van der Waals surface area contributed by atoms with Gasteiger partial charge in [0.2, 0.25) is 0 Å². The molecule has 0 heterocycles. The fraction of sp³-hybridized carbons (Fsp3) is 0.100. The molecule has 0 saturated heterocycles. The second-order valence-electron chi connectivity index (χ2n) is 5.15. The summed E-state index contributed by atoms with van der Waals surface area (Å²) in [6.07, 6.45) is 2.71. The van der Waals surface area contributed by atoms with Crippen LogP contribution in [0.15, 0.2) is 77.8 Å². The monoisotopic (exact) mass is 352 g/mol. The van der Waals surface area contributed by atoms with Crippen LogP contribution in [0.3, 0.4) is 0 Å². The molecule has 0 N–H and O–H groups in total. The molecule has 0 radical (unpaired) electrons. The van der Waals surface area contributed by atoms with Crippen LogP contribution in [0, 0.1) is 0 Å². The van der Waals surface area contributed by atoms with Crippen molar-refractivity contribution in [1.29, 1.82) is 0 Å². The third-order valence-electron chi connectivity index (χ3n) is 3.66. The number of fused-ring (bicyclic) bond motifs is 1. The third kappa shape index (κ3) is 3.07. The third-order valence-corrected chi connectivity index (χ3v) is 4.43. The molecule has 0 bridgehead atoms. The highest BCUT2D eigenvalue weighted by Crippen LogP contribution is 2.31. The molecule has 1 nitrogen and oxygen atoms in total. The molecular formula is C20H17BrO. The average molecular weight is 353 g/mol. The number of allylic oxidation sites excluding steroid dienone is 1. The van der Waals surface area contributed by atoms with Gasteiger partial charge in [-0.15, -0.1) is 6.58 Å². The van der Waals surface area contributed by atoms with Gasteiger partial charge < -0.3 is 4.74 Å². The van der Waals surface area contributed by atoms with Gasteiger partial charge in [0.1, 0.15) is 12.4 Å². The largest absolute Gasteiger partial charge is 0.488 e. The lowest BCUT2D eigenvalue weighted by Crippen LogP contribution is -2.00. The number of hydrogen-bond donors (Lipinski definition) is 0. The highest BCUT2D eigenvalue weighted by Gasteiger charge is 2.09. The summed E-state index contributed by atoms with van der Waals surface area (Å²) >= 11 is 3.57. The second kappa shape index (κ2) is 6.80. The Morgan fingerprint density at radius 2 is 1.68 bits per heavy atom. The topological polar surface area (TPSA) is 9.23 Å². The minimum atomic E-state index is 0.541. The van der Waals surface area contributed by atoms with Crippen molar-refractivity contribution in [3.8, 4) is 5.75 Å². The van der Waals surface area contributed by atoms with E-state index >= 15 is 0 Å². The maximum absolute atomic E-state index is 6.19. The van der Waals surface area contributed by atoms with E-state index in [1.165, 1.54) is 10.9 Å². The van der Waals surface area contributed by atoms with Gasteiger partial charge in [0.15, 0.2) is 0 Å². The van der Waals surface area contributed by atoms with E-state index in [1.807, 2.05) is 36.4 Å². The number of hydrogen-bond acceptors (Lipinski definition) is 1. The second-order valence-corrected chi connectivity index (χ2v) is 6.00.